The average molecular weight is 281 g/mol. The third-order valence-electron chi connectivity index (χ3n) is 3.79. The molecule has 0 radical (unpaired) electrons. The van der Waals surface area contributed by atoms with Gasteiger partial charge in [-0.1, -0.05) is 42.5 Å². The minimum atomic E-state index is -1.04. The number of fused-ring (bicyclic) bond motifs is 1. The van der Waals surface area contributed by atoms with Crippen molar-refractivity contribution in [2.45, 2.75) is 20.0 Å². The molecule has 0 aromatic heterocycles. The summed E-state index contributed by atoms with van der Waals surface area (Å²) in [4.78, 5) is 25.6. The Labute approximate surface area is 122 Å². The predicted octanol–water partition coefficient (Wildman–Crippen LogP) is 2.85. The number of nitrogens with zero attached hydrogens (tertiary/aromatic N) is 1. The molecule has 3 rings (SSSR count). The molecule has 4 heteroatoms. The van der Waals surface area contributed by atoms with E-state index in [1.807, 2.05) is 36.4 Å². The number of aryl methyl sites for hydroxylation is 1. The maximum Gasteiger partial charge on any atom is 0.336 e. The number of carbonyl (C=O) groups is 2. The molecule has 0 unspecified atom stereocenters. The summed E-state index contributed by atoms with van der Waals surface area (Å²) < 4.78 is 0. The van der Waals surface area contributed by atoms with Gasteiger partial charge in [0.25, 0.3) is 5.91 Å². The Hall–Kier alpha value is -2.62. The monoisotopic (exact) mass is 281 g/mol. The van der Waals surface area contributed by atoms with E-state index >= 15 is 0 Å². The highest BCUT2D eigenvalue weighted by atomic mass is 16.4. The van der Waals surface area contributed by atoms with E-state index in [2.05, 4.69) is 0 Å². The standard InChI is InChI=1S/C17H15NO3/c1-11-7-8-13-10-18(9-12-5-3-2-4-6-12)16(19)15(13)14(11)17(20)21/h2-8H,9-10H2,1H3,(H,20,21). The number of hydrogen-bond acceptors (Lipinski definition) is 2. The van der Waals surface area contributed by atoms with Crippen LogP contribution in [0.15, 0.2) is 42.5 Å². The summed E-state index contributed by atoms with van der Waals surface area (Å²) in [5, 5.41) is 9.35. The maximum atomic E-state index is 12.5. The Bertz CT molecular complexity index is 722. The predicted molar refractivity (Wildman–Crippen MR) is 78.2 cm³/mol. The first kappa shape index (κ1) is 13.4. The molecule has 0 aliphatic carbocycles. The summed E-state index contributed by atoms with van der Waals surface area (Å²) >= 11 is 0. The number of carboxylic acids is 1. The van der Waals surface area contributed by atoms with Crippen LogP contribution in [0, 0.1) is 6.92 Å². The zero-order valence-electron chi connectivity index (χ0n) is 11.7. The third kappa shape index (κ3) is 2.29. The van der Waals surface area contributed by atoms with Gasteiger partial charge in [0.2, 0.25) is 0 Å². The molecule has 0 atom stereocenters. The van der Waals surface area contributed by atoms with Crippen LogP contribution in [0.2, 0.25) is 0 Å². The average Bonchev–Trinajstić information content (AvgIpc) is 2.77. The lowest BCUT2D eigenvalue weighted by Crippen LogP contribution is -2.24. The van der Waals surface area contributed by atoms with Gasteiger partial charge in [-0.2, -0.15) is 0 Å². The molecule has 1 amide bonds. The van der Waals surface area contributed by atoms with Crippen molar-refractivity contribution >= 4 is 11.9 Å². The van der Waals surface area contributed by atoms with Gasteiger partial charge in [0.15, 0.2) is 0 Å². The molecule has 4 nitrogen and oxygen atoms in total. The maximum absolute atomic E-state index is 12.5. The molecular formula is C17H15NO3. The Balaban J connectivity index is 1.96. The number of amides is 1. The Morgan fingerprint density at radius 3 is 2.57 bits per heavy atom. The van der Waals surface area contributed by atoms with Crippen molar-refractivity contribution in [1.82, 2.24) is 4.90 Å². The van der Waals surface area contributed by atoms with E-state index in [1.165, 1.54) is 0 Å². The summed E-state index contributed by atoms with van der Waals surface area (Å²) in [5.74, 6) is -1.24. The van der Waals surface area contributed by atoms with Gasteiger partial charge in [0.1, 0.15) is 0 Å². The van der Waals surface area contributed by atoms with E-state index in [0.29, 0.717) is 24.2 Å². The quantitative estimate of drug-likeness (QED) is 0.941. The number of aromatic carboxylic acids is 1. The highest BCUT2D eigenvalue weighted by Gasteiger charge is 2.32. The second-order valence-electron chi connectivity index (χ2n) is 5.24. The number of carbonyl (C=O) groups excluding carboxylic acids is 1. The Morgan fingerprint density at radius 2 is 1.90 bits per heavy atom. The van der Waals surface area contributed by atoms with Gasteiger partial charge >= 0.3 is 5.97 Å². The van der Waals surface area contributed by atoms with Crippen molar-refractivity contribution in [3.63, 3.8) is 0 Å². The van der Waals surface area contributed by atoms with Crippen LogP contribution in [0.3, 0.4) is 0 Å². The van der Waals surface area contributed by atoms with Gasteiger partial charge in [0, 0.05) is 13.1 Å². The van der Waals surface area contributed by atoms with Crippen LogP contribution in [0.25, 0.3) is 0 Å². The first-order chi connectivity index (χ1) is 10.1. The molecule has 0 bridgehead atoms. The summed E-state index contributed by atoms with van der Waals surface area (Å²) in [6.45, 7) is 2.67. The molecule has 2 aromatic carbocycles. The SMILES string of the molecule is Cc1ccc2c(c1C(=O)O)C(=O)N(Cc1ccccc1)C2. The molecule has 0 spiro atoms. The number of rotatable bonds is 3. The fraction of sp³-hybridized carbons (Fsp3) is 0.176. The Morgan fingerprint density at radius 1 is 1.19 bits per heavy atom. The van der Waals surface area contributed by atoms with Gasteiger partial charge < -0.3 is 10.0 Å². The molecule has 106 valence electrons. The van der Waals surface area contributed by atoms with Crippen LogP contribution in [0.5, 0.6) is 0 Å². The molecular weight excluding hydrogens is 266 g/mol. The zero-order chi connectivity index (χ0) is 15.0. The molecule has 0 saturated carbocycles. The minimum absolute atomic E-state index is 0.132. The molecule has 21 heavy (non-hydrogen) atoms. The van der Waals surface area contributed by atoms with Gasteiger partial charge in [-0.05, 0) is 23.6 Å². The van der Waals surface area contributed by atoms with Crippen molar-refractivity contribution in [1.29, 1.82) is 0 Å². The lowest BCUT2D eigenvalue weighted by atomic mass is 9.98. The van der Waals surface area contributed by atoms with Crippen molar-refractivity contribution < 1.29 is 14.7 Å². The molecule has 1 aliphatic rings. The number of benzene rings is 2. The summed E-state index contributed by atoms with van der Waals surface area (Å²) in [5.41, 5.74) is 2.92. The summed E-state index contributed by atoms with van der Waals surface area (Å²) in [6.07, 6.45) is 0. The Kier molecular flexibility index (Phi) is 3.22. The molecule has 1 N–H and O–H groups in total. The van der Waals surface area contributed by atoms with E-state index in [4.69, 9.17) is 0 Å². The largest absolute Gasteiger partial charge is 0.478 e. The topological polar surface area (TPSA) is 57.6 Å². The molecule has 0 fully saturated rings. The van der Waals surface area contributed by atoms with Crippen LogP contribution in [0.1, 0.15) is 37.4 Å². The van der Waals surface area contributed by atoms with Crippen LogP contribution in [0.4, 0.5) is 0 Å². The van der Waals surface area contributed by atoms with Crippen molar-refractivity contribution in [2.24, 2.45) is 0 Å². The minimum Gasteiger partial charge on any atom is -0.478 e. The second kappa shape index (κ2) is 5.05. The highest BCUT2D eigenvalue weighted by molar-refractivity contribution is 6.08. The number of hydrogen-bond donors (Lipinski definition) is 1. The molecule has 1 heterocycles. The summed E-state index contributed by atoms with van der Waals surface area (Å²) in [7, 11) is 0. The van der Waals surface area contributed by atoms with E-state index in [9.17, 15) is 14.7 Å². The van der Waals surface area contributed by atoms with Gasteiger partial charge in [-0.25, -0.2) is 4.79 Å². The normalized spacial score (nSPS) is 13.4. The van der Waals surface area contributed by atoms with Crippen molar-refractivity contribution in [2.75, 3.05) is 0 Å². The fourth-order valence-electron chi connectivity index (χ4n) is 2.77. The van der Waals surface area contributed by atoms with Gasteiger partial charge in [-0.3, -0.25) is 4.79 Å². The van der Waals surface area contributed by atoms with E-state index < -0.39 is 5.97 Å². The van der Waals surface area contributed by atoms with Crippen LogP contribution in [-0.2, 0) is 13.1 Å². The van der Waals surface area contributed by atoms with Crippen LogP contribution in [-0.4, -0.2) is 21.9 Å². The van der Waals surface area contributed by atoms with Gasteiger partial charge in [-0.15, -0.1) is 0 Å². The summed E-state index contributed by atoms with van der Waals surface area (Å²) in [6, 6.07) is 13.3. The third-order valence-corrected chi connectivity index (χ3v) is 3.79. The lowest BCUT2D eigenvalue weighted by Gasteiger charge is -2.15. The smallest absolute Gasteiger partial charge is 0.336 e. The van der Waals surface area contributed by atoms with E-state index in [-0.39, 0.29) is 11.5 Å². The van der Waals surface area contributed by atoms with Crippen LogP contribution < -0.4 is 0 Å². The fourth-order valence-corrected chi connectivity index (χ4v) is 2.77. The second-order valence-corrected chi connectivity index (χ2v) is 5.24. The zero-order valence-corrected chi connectivity index (χ0v) is 11.7. The van der Waals surface area contributed by atoms with Crippen LogP contribution >= 0.6 is 0 Å². The first-order valence-electron chi connectivity index (χ1n) is 6.77. The van der Waals surface area contributed by atoms with Crippen molar-refractivity contribution in [3.8, 4) is 0 Å². The number of carboxylic acid groups (broad SMARTS) is 1. The first-order valence-corrected chi connectivity index (χ1v) is 6.77. The van der Waals surface area contributed by atoms with E-state index in [1.54, 1.807) is 17.9 Å². The van der Waals surface area contributed by atoms with Gasteiger partial charge in [0.05, 0.1) is 11.1 Å². The highest BCUT2D eigenvalue weighted by Crippen LogP contribution is 2.29. The molecule has 0 saturated heterocycles. The van der Waals surface area contributed by atoms with E-state index in [0.717, 1.165) is 11.1 Å². The lowest BCUT2D eigenvalue weighted by molar-refractivity contribution is 0.0680. The van der Waals surface area contributed by atoms with Crippen molar-refractivity contribution in [3.05, 3.63) is 70.3 Å². The molecule has 1 aliphatic heterocycles. The molecule has 2 aromatic rings.